The van der Waals surface area contributed by atoms with Crippen LogP contribution in [0, 0.1) is 0 Å². The predicted octanol–water partition coefficient (Wildman–Crippen LogP) is -1.31. The minimum Gasteiger partial charge on any atom is -0.477 e. The van der Waals surface area contributed by atoms with Gasteiger partial charge in [0, 0.05) is 19.3 Å². The van der Waals surface area contributed by atoms with Crippen LogP contribution in [0.2, 0.25) is 0 Å². The number of aromatic amines is 1. The Morgan fingerprint density at radius 3 is 2.22 bits per heavy atom. The van der Waals surface area contributed by atoms with E-state index in [1.807, 2.05) is 0 Å². The van der Waals surface area contributed by atoms with Crippen molar-refractivity contribution in [2.75, 3.05) is 26.3 Å². The number of rotatable bonds is 7. The highest BCUT2D eigenvalue weighted by atomic mass is 32.2. The van der Waals surface area contributed by atoms with Crippen LogP contribution in [0.3, 0.4) is 0 Å². The van der Waals surface area contributed by atoms with Crippen LogP contribution >= 0.6 is 0 Å². The lowest BCUT2D eigenvalue weighted by atomic mass is 10.4. The molecule has 9 heteroatoms. The van der Waals surface area contributed by atoms with E-state index < -0.39 is 29.2 Å². The Bertz CT molecular complexity index is 503. The lowest BCUT2D eigenvalue weighted by Gasteiger charge is -2.19. The van der Waals surface area contributed by atoms with E-state index in [1.54, 1.807) is 0 Å². The standard InChI is InChI=1S/C9H14N2O6S/c12-3-1-11(2-4-13)18(16,17)7-5-8(9(14)15)10-6-7/h5-6,10,12-13H,1-4H2,(H,14,15). The van der Waals surface area contributed by atoms with E-state index >= 15 is 0 Å². The molecular formula is C9H14N2O6S. The summed E-state index contributed by atoms with van der Waals surface area (Å²) in [6.45, 7) is -1.13. The number of carboxylic acid groups (broad SMARTS) is 1. The quantitative estimate of drug-likeness (QED) is 0.489. The van der Waals surface area contributed by atoms with Gasteiger partial charge in [0.2, 0.25) is 10.0 Å². The number of aliphatic hydroxyl groups is 2. The average molecular weight is 278 g/mol. The van der Waals surface area contributed by atoms with Crippen LogP contribution in [0.1, 0.15) is 10.5 Å². The van der Waals surface area contributed by atoms with Gasteiger partial charge < -0.3 is 20.3 Å². The summed E-state index contributed by atoms with van der Waals surface area (Å²) in [6.07, 6.45) is 1.06. The number of hydrogen-bond donors (Lipinski definition) is 4. The first-order valence-corrected chi connectivity index (χ1v) is 6.51. The van der Waals surface area contributed by atoms with Gasteiger partial charge in [-0.2, -0.15) is 4.31 Å². The predicted molar refractivity (Wildman–Crippen MR) is 60.7 cm³/mol. The zero-order chi connectivity index (χ0) is 13.8. The Morgan fingerprint density at radius 1 is 1.28 bits per heavy atom. The molecule has 0 saturated carbocycles. The van der Waals surface area contributed by atoms with Gasteiger partial charge in [-0.3, -0.25) is 0 Å². The average Bonchev–Trinajstić information content (AvgIpc) is 2.78. The molecule has 0 amide bonds. The lowest BCUT2D eigenvalue weighted by Crippen LogP contribution is -2.35. The number of sulfonamides is 1. The number of aromatic nitrogens is 1. The third-order valence-corrected chi connectivity index (χ3v) is 4.10. The fourth-order valence-electron chi connectivity index (χ4n) is 1.37. The number of carboxylic acids is 1. The smallest absolute Gasteiger partial charge is 0.352 e. The van der Waals surface area contributed by atoms with E-state index in [1.165, 1.54) is 0 Å². The van der Waals surface area contributed by atoms with Crippen molar-refractivity contribution in [2.24, 2.45) is 0 Å². The zero-order valence-electron chi connectivity index (χ0n) is 9.40. The number of H-pyrrole nitrogens is 1. The molecule has 0 aromatic carbocycles. The van der Waals surface area contributed by atoms with Gasteiger partial charge in [0.1, 0.15) is 10.6 Å². The Kier molecular flexibility index (Phi) is 4.84. The van der Waals surface area contributed by atoms with Gasteiger partial charge in [-0.1, -0.05) is 0 Å². The fraction of sp³-hybridized carbons (Fsp3) is 0.444. The van der Waals surface area contributed by atoms with Crippen molar-refractivity contribution in [3.05, 3.63) is 18.0 Å². The monoisotopic (exact) mass is 278 g/mol. The largest absolute Gasteiger partial charge is 0.477 e. The van der Waals surface area contributed by atoms with E-state index in [0.29, 0.717) is 0 Å². The SMILES string of the molecule is O=C(O)c1cc(S(=O)(=O)N(CCO)CCO)c[nH]1. The van der Waals surface area contributed by atoms with Crippen molar-refractivity contribution in [3.63, 3.8) is 0 Å². The molecule has 1 aromatic heterocycles. The molecule has 1 rings (SSSR count). The maximum atomic E-state index is 12.0. The third-order valence-electron chi connectivity index (χ3n) is 2.22. The van der Waals surface area contributed by atoms with Crippen LogP contribution < -0.4 is 0 Å². The number of carbonyl (C=O) groups is 1. The summed E-state index contributed by atoms with van der Waals surface area (Å²) >= 11 is 0. The van der Waals surface area contributed by atoms with Crippen molar-refractivity contribution < 1.29 is 28.5 Å². The lowest BCUT2D eigenvalue weighted by molar-refractivity contribution is 0.0691. The molecule has 1 aromatic rings. The normalized spacial score (nSPS) is 11.9. The first-order valence-electron chi connectivity index (χ1n) is 5.07. The second-order valence-corrected chi connectivity index (χ2v) is 5.34. The van der Waals surface area contributed by atoms with Crippen molar-refractivity contribution >= 4 is 16.0 Å². The van der Waals surface area contributed by atoms with Crippen LogP contribution in [0.4, 0.5) is 0 Å². The van der Waals surface area contributed by atoms with Gasteiger partial charge in [0.05, 0.1) is 13.2 Å². The van der Waals surface area contributed by atoms with Crippen LogP contribution in [0.15, 0.2) is 17.2 Å². The van der Waals surface area contributed by atoms with Gasteiger partial charge in [-0.15, -0.1) is 0 Å². The summed E-state index contributed by atoms with van der Waals surface area (Å²) in [7, 11) is -3.92. The van der Waals surface area contributed by atoms with Crippen LogP contribution in [0.25, 0.3) is 0 Å². The highest BCUT2D eigenvalue weighted by molar-refractivity contribution is 7.89. The van der Waals surface area contributed by atoms with Gasteiger partial charge in [0.25, 0.3) is 0 Å². The first kappa shape index (κ1) is 14.6. The second-order valence-electron chi connectivity index (χ2n) is 3.41. The molecule has 4 N–H and O–H groups in total. The summed E-state index contributed by atoms with van der Waals surface area (Å²) < 4.78 is 25.0. The molecule has 0 atom stereocenters. The van der Waals surface area contributed by atoms with Crippen molar-refractivity contribution in [1.82, 2.24) is 9.29 Å². The molecule has 0 aliphatic carbocycles. The summed E-state index contributed by atoms with van der Waals surface area (Å²) in [6, 6.07) is 0.986. The maximum Gasteiger partial charge on any atom is 0.352 e. The Labute approximate surface area is 104 Å². The minimum atomic E-state index is -3.92. The molecule has 0 unspecified atom stereocenters. The number of hydrogen-bond acceptors (Lipinski definition) is 5. The highest BCUT2D eigenvalue weighted by Crippen LogP contribution is 2.16. The molecule has 0 saturated heterocycles. The number of nitrogens with one attached hydrogen (secondary N) is 1. The molecule has 8 nitrogen and oxygen atoms in total. The van der Waals surface area contributed by atoms with E-state index in [-0.39, 0.29) is 23.7 Å². The highest BCUT2D eigenvalue weighted by Gasteiger charge is 2.25. The number of nitrogens with zero attached hydrogens (tertiary/aromatic N) is 1. The Morgan fingerprint density at radius 2 is 1.83 bits per heavy atom. The number of aliphatic hydroxyl groups excluding tert-OH is 2. The molecule has 0 radical (unpaired) electrons. The van der Waals surface area contributed by atoms with Gasteiger partial charge in [0.15, 0.2) is 0 Å². The Balaban J connectivity index is 3.05. The fourth-order valence-corrected chi connectivity index (χ4v) is 2.79. The molecule has 1 heterocycles. The molecule has 18 heavy (non-hydrogen) atoms. The van der Waals surface area contributed by atoms with Crippen molar-refractivity contribution in [3.8, 4) is 0 Å². The van der Waals surface area contributed by atoms with Gasteiger partial charge in [-0.05, 0) is 6.07 Å². The van der Waals surface area contributed by atoms with Crippen LogP contribution in [0.5, 0.6) is 0 Å². The molecular weight excluding hydrogens is 264 g/mol. The van der Waals surface area contributed by atoms with E-state index in [9.17, 15) is 13.2 Å². The first-order chi connectivity index (χ1) is 8.43. The van der Waals surface area contributed by atoms with Crippen LogP contribution in [-0.4, -0.2) is 65.3 Å². The summed E-state index contributed by atoms with van der Waals surface area (Å²) in [5.74, 6) is -1.27. The van der Waals surface area contributed by atoms with E-state index in [2.05, 4.69) is 4.98 Å². The molecule has 0 aliphatic heterocycles. The van der Waals surface area contributed by atoms with Crippen LogP contribution in [-0.2, 0) is 10.0 Å². The summed E-state index contributed by atoms with van der Waals surface area (Å²) in [5, 5.41) is 26.2. The molecule has 0 aliphatic rings. The molecule has 0 bridgehead atoms. The van der Waals surface area contributed by atoms with Gasteiger partial charge >= 0.3 is 5.97 Å². The maximum absolute atomic E-state index is 12.0. The Hall–Kier alpha value is -1.42. The van der Waals surface area contributed by atoms with Gasteiger partial charge in [-0.25, -0.2) is 13.2 Å². The van der Waals surface area contributed by atoms with E-state index in [4.69, 9.17) is 15.3 Å². The summed E-state index contributed by atoms with van der Waals surface area (Å²) in [5.41, 5.74) is -0.249. The van der Waals surface area contributed by atoms with E-state index in [0.717, 1.165) is 16.6 Å². The molecule has 0 fully saturated rings. The topological polar surface area (TPSA) is 131 Å². The number of aromatic carboxylic acids is 1. The summed E-state index contributed by atoms with van der Waals surface area (Å²) in [4.78, 5) is 12.7. The second kappa shape index (κ2) is 5.96. The minimum absolute atomic E-state index is 0.170. The molecule has 0 spiro atoms. The van der Waals surface area contributed by atoms with Crippen molar-refractivity contribution in [2.45, 2.75) is 4.90 Å². The zero-order valence-corrected chi connectivity index (χ0v) is 10.2. The molecule has 102 valence electrons. The third kappa shape index (κ3) is 3.07. The van der Waals surface area contributed by atoms with Crippen molar-refractivity contribution in [1.29, 1.82) is 0 Å².